The number of aryl methyl sites for hydroxylation is 2. The monoisotopic (exact) mass is 400 g/mol. The molecule has 0 spiro atoms. The summed E-state index contributed by atoms with van der Waals surface area (Å²) >= 11 is 3.35. The Kier molecular flexibility index (Phi) is 5.87. The maximum Gasteiger partial charge on any atom is 0.243 e. The van der Waals surface area contributed by atoms with Crippen LogP contribution in [0, 0.1) is 0 Å². The van der Waals surface area contributed by atoms with Gasteiger partial charge < -0.3 is 10.6 Å². The lowest BCUT2D eigenvalue weighted by Gasteiger charge is -2.16. The predicted octanol–water partition coefficient (Wildman–Crippen LogP) is 3.63. The average Bonchev–Trinajstić information content (AvgIpc) is 2.62. The van der Waals surface area contributed by atoms with Crippen LogP contribution in [0.25, 0.3) is 0 Å². The van der Waals surface area contributed by atoms with Gasteiger partial charge in [0.1, 0.15) is 0 Å². The number of anilines is 1. The molecule has 3 rings (SSSR count). The molecule has 0 heterocycles. The van der Waals surface area contributed by atoms with E-state index in [9.17, 15) is 9.59 Å². The molecule has 4 nitrogen and oxygen atoms in total. The van der Waals surface area contributed by atoms with Crippen LogP contribution in [0.5, 0.6) is 0 Å². The maximum atomic E-state index is 12.1. The smallest absolute Gasteiger partial charge is 0.243 e. The third-order valence-corrected chi connectivity index (χ3v) is 4.88. The Bertz CT molecular complexity index is 772. The highest BCUT2D eigenvalue weighted by Crippen LogP contribution is 2.22. The first kappa shape index (κ1) is 17.7. The summed E-state index contributed by atoms with van der Waals surface area (Å²) in [5.41, 5.74) is 4.48. The highest BCUT2D eigenvalue weighted by Gasteiger charge is 2.12. The molecule has 2 amide bonds. The van der Waals surface area contributed by atoms with Crippen LogP contribution in [0.4, 0.5) is 5.69 Å². The first-order chi connectivity index (χ1) is 12.1. The van der Waals surface area contributed by atoms with Crippen LogP contribution in [0.1, 0.15) is 29.5 Å². The fourth-order valence-corrected chi connectivity index (χ4v) is 3.33. The zero-order valence-corrected chi connectivity index (χ0v) is 15.6. The Labute approximate surface area is 156 Å². The molecule has 0 bridgehead atoms. The van der Waals surface area contributed by atoms with Crippen molar-refractivity contribution in [2.75, 3.05) is 11.9 Å². The molecule has 1 aliphatic rings. The molecule has 2 N–H and O–H groups in total. The van der Waals surface area contributed by atoms with Crippen molar-refractivity contribution in [2.24, 2.45) is 0 Å². The fourth-order valence-electron chi connectivity index (χ4n) is 3.06. The van der Waals surface area contributed by atoms with Crippen molar-refractivity contribution < 1.29 is 9.59 Å². The molecule has 0 saturated carbocycles. The van der Waals surface area contributed by atoms with E-state index in [1.807, 2.05) is 18.2 Å². The Morgan fingerprint density at radius 1 is 0.920 bits per heavy atom. The molecule has 0 aliphatic heterocycles. The van der Waals surface area contributed by atoms with Gasteiger partial charge in [-0.3, -0.25) is 9.59 Å². The Hall–Kier alpha value is -2.14. The maximum absolute atomic E-state index is 12.1. The molecule has 2 aromatic rings. The van der Waals surface area contributed by atoms with Crippen molar-refractivity contribution in [1.82, 2.24) is 5.32 Å². The van der Waals surface area contributed by atoms with Crippen LogP contribution in [0.2, 0.25) is 0 Å². The third kappa shape index (κ3) is 5.16. The van der Waals surface area contributed by atoms with Crippen LogP contribution < -0.4 is 10.6 Å². The van der Waals surface area contributed by atoms with E-state index in [2.05, 4.69) is 38.7 Å². The number of rotatable bonds is 5. The van der Waals surface area contributed by atoms with Crippen molar-refractivity contribution in [3.63, 3.8) is 0 Å². The number of carbonyl (C=O) groups is 2. The first-order valence-corrected chi connectivity index (χ1v) is 9.32. The zero-order valence-electron chi connectivity index (χ0n) is 14.0. The van der Waals surface area contributed by atoms with E-state index in [0.717, 1.165) is 22.9 Å². The van der Waals surface area contributed by atoms with Crippen LogP contribution in [0.3, 0.4) is 0 Å². The Morgan fingerprint density at radius 3 is 2.40 bits per heavy atom. The van der Waals surface area contributed by atoms with Gasteiger partial charge in [-0.2, -0.15) is 0 Å². The standard InChI is InChI=1S/C20H21BrN2O2/c21-17-7-9-18(10-8-17)23-20(25)13-22-19(24)12-14-5-6-15-3-1-2-4-16(15)11-14/h5-11H,1-4,12-13H2,(H,22,24)(H,23,25). The SMILES string of the molecule is O=C(Cc1ccc2c(c1)CCCC2)NCC(=O)Nc1ccc(Br)cc1. The van der Waals surface area contributed by atoms with E-state index >= 15 is 0 Å². The molecule has 130 valence electrons. The normalized spacial score (nSPS) is 13.0. The molecular formula is C20H21BrN2O2. The van der Waals surface area contributed by atoms with E-state index in [1.54, 1.807) is 12.1 Å². The lowest BCUT2D eigenvalue weighted by atomic mass is 9.90. The zero-order chi connectivity index (χ0) is 17.6. The van der Waals surface area contributed by atoms with Crippen molar-refractivity contribution in [2.45, 2.75) is 32.1 Å². The van der Waals surface area contributed by atoms with Crippen LogP contribution in [-0.2, 0) is 28.9 Å². The number of hydrogen-bond acceptors (Lipinski definition) is 2. The van der Waals surface area contributed by atoms with Crippen LogP contribution in [0.15, 0.2) is 46.9 Å². The summed E-state index contributed by atoms with van der Waals surface area (Å²) in [6, 6.07) is 13.6. The summed E-state index contributed by atoms with van der Waals surface area (Å²) in [6.07, 6.45) is 5.01. The molecule has 0 aromatic heterocycles. The van der Waals surface area contributed by atoms with Gasteiger partial charge in [0.05, 0.1) is 13.0 Å². The van der Waals surface area contributed by atoms with Crippen molar-refractivity contribution in [3.8, 4) is 0 Å². The average molecular weight is 401 g/mol. The molecule has 0 fully saturated rings. The second-order valence-corrected chi connectivity index (χ2v) is 7.23. The minimum absolute atomic E-state index is 0.0279. The lowest BCUT2D eigenvalue weighted by Crippen LogP contribution is -2.33. The van der Waals surface area contributed by atoms with Gasteiger partial charge in [-0.1, -0.05) is 34.1 Å². The number of halogens is 1. The minimum atomic E-state index is -0.235. The number of benzene rings is 2. The second kappa shape index (κ2) is 8.30. The minimum Gasteiger partial charge on any atom is -0.347 e. The van der Waals surface area contributed by atoms with E-state index in [0.29, 0.717) is 12.1 Å². The summed E-state index contributed by atoms with van der Waals surface area (Å²) in [4.78, 5) is 24.0. The number of hydrogen-bond donors (Lipinski definition) is 2. The van der Waals surface area contributed by atoms with E-state index in [-0.39, 0.29) is 18.4 Å². The number of carbonyl (C=O) groups excluding carboxylic acids is 2. The highest BCUT2D eigenvalue weighted by atomic mass is 79.9. The molecule has 0 unspecified atom stereocenters. The second-order valence-electron chi connectivity index (χ2n) is 6.32. The molecule has 1 aliphatic carbocycles. The molecule has 0 radical (unpaired) electrons. The van der Waals surface area contributed by atoms with Gasteiger partial charge in [0.15, 0.2) is 0 Å². The molecule has 0 saturated heterocycles. The predicted molar refractivity (Wildman–Crippen MR) is 103 cm³/mol. The van der Waals surface area contributed by atoms with Crippen molar-refractivity contribution in [1.29, 1.82) is 0 Å². The summed E-state index contributed by atoms with van der Waals surface area (Å²) in [5, 5.41) is 5.44. The largest absolute Gasteiger partial charge is 0.347 e. The molecular weight excluding hydrogens is 380 g/mol. The van der Waals surface area contributed by atoms with Crippen LogP contribution in [-0.4, -0.2) is 18.4 Å². The van der Waals surface area contributed by atoms with Gasteiger partial charge in [-0.25, -0.2) is 0 Å². The topological polar surface area (TPSA) is 58.2 Å². The van der Waals surface area contributed by atoms with Gasteiger partial charge in [-0.15, -0.1) is 0 Å². The molecule has 2 aromatic carbocycles. The summed E-state index contributed by atoms with van der Waals surface area (Å²) in [6.45, 7) is -0.0279. The fraction of sp³-hybridized carbons (Fsp3) is 0.300. The van der Waals surface area contributed by atoms with Gasteiger partial charge >= 0.3 is 0 Å². The van der Waals surface area contributed by atoms with E-state index < -0.39 is 0 Å². The third-order valence-electron chi connectivity index (χ3n) is 4.35. The Balaban J connectivity index is 1.47. The van der Waals surface area contributed by atoms with Crippen LogP contribution >= 0.6 is 15.9 Å². The summed E-state index contributed by atoms with van der Waals surface area (Å²) in [5.74, 6) is -0.372. The number of amides is 2. The quantitative estimate of drug-likeness (QED) is 0.804. The van der Waals surface area contributed by atoms with Gasteiger partial charge in [0, 0.05) is 10.2 Å². The Morgan fingerprint density at radius 2 is 1.64 bits per heavy atom. The van der Waals surface area contributed by atoms with E-state index in [1.165, 1.54) is 24.0 Å². The number of nitrogens with one attached hydrogen (secondary N) is 2. The lowest BCUT2D eigenvalue weighted by molar-refractivity contribution is -0.123. The summed E-state index contributed by atoms with van der Waals surface area (Å²) < 4.78 is 0.948. The molecule has 5 heteroatoms. The van der Waals surface area contributed by atoms with Gasteiger partial charge in [-0.05, 0) is 66.6 Å². The van der Waals surface area contributed by atoms with Gasteiger partial charge in [0.2, 0.25) is 11.8 Å². The van der Waals surface area contributed by atoms with Crippen molar-refractivity contribution in [3.05, 3.63) is 63.6 Å². The van der Waals surface area contributed by atoms with Gasteiger partial charge in [0.25, 0.3) is 0 Å². The van der Waals surface area contributed by atoms with E-state index in [4.69, 9.17) is 0 Å². The molecule has 0 atom stereocenters. The summed E-state index contributed by atoms with van der Waals surface area (Å²) in [7, 11) is 0. The number of fused-ring (bicyclic) bond motifs is 1. The highest BCUT2D eigenvalue weighted by molar-refractivity contribution is 9.10. The van der Waals surface area contributed by atoms with Crippen molar-refractivity contribution >= 4 is 33.4 Å². The molecule has 25 heavy (non-hydrogen) atoms. The first-order valence-electron chi connectivity index (χ1n) is 8.53.